The number of rotatable bonds is 5. The molecule has 0 fully saturated rings. The second-order valence-electron chi connectivity index (χ2n) is 7.22. The third-order valence-corrected chi connectivity index (χ3v) is 4.47. The Morgan fingerprint density at radius 1 is 0.962 bits per heavy atom. The summed E-state index contributed by atoms with van der Waals surface area (Å²) < 4.78 is 6.94. The van der Waals surface area contributed by atoms with Crippen LogP contribution in [0.3, 0.4) is 0 Å². The summed E-state index contributed by atoms with van der Waals surface area (Å²) >= 11 is 0. The first-order valence-electron chi connectivity index (χ1n) is 8.50. The molecule has 5 nitrogen and oxygen atoms in total. The molecule has 1 unspecified atom stereocenters. The molecule has 0 aliphatic heterocycles. The molecule has 1 atom stereocenters. The molecule has 3 rings (SSSR count). The van der Waals surface area contributed by atoms with Crippen LogP contribution in [0.5, 0.6) is 5.75 Å². The molecule has 3 aromatic rings. The number of hydrogen-bond donors (Lipinski definition) is 0. The lowest BCUT2D eigenvalue weighted by atomic mass is 9.70. The molecule has 26 heavy (non-hydrogen) atoms. The lowest BCUT2D eigenvalue weighted by Gasteiger charge is -2.38. The Morgan fingerprint density at radius 3 is 2.08 bits per heavy atom. The third-order valence-electron chi connectivity index (χ3n) is 4.47. The summed E-state index contributed by atoms with van der Waals surface area (Å²) in [5.74, 6) is 0.768. The Bertz CT molecular complexity index is 866. The normalized spacial score (nSPS) is 13.8. The summed E-state index contributed by atoms with van der Waals surface area (Å²) in [4.78, 5) is 17.9. The highest BCUT2D eigenvalue weighted by atomic mass is 16.5. The zero-order chi connectivity index (χ0) is 18.8. The molecule has 5 heteroatoms. The van der Waals surface area contributed by atoms with Crippen LogP contribution < -0.4 is 4.74 Å². The van der Waals surface area contributed by atoms with Gasteiger partial charge in [-0.2, -0.15) is 5.10 Å². The smallest absolute Gasteiger partial charge is 0.174 e. The van der Waals surface area contributed by atoms with Gasteiger partial charge in [0.1, 0.15) is 18.4 Å². The lowest BCUT2D eigenvalue weighted by Crippen LogP contribution is -2.49. The maximum absolute atomic E-state index is 13.8. The largest absolute Gasteiger partial charge is 0.497 e. The van der Waals surface area contributed by atoms with E-state index in [0.29, 0.717) is 0 Å². The monoisotopic (exact) mass is 349 g/mol. The van der Waals surface area contributed by atoms with E-state index in [1.807, 2.05) is 75.4 Å². The Morgan fingerprint density at radius 2 is 1.58 bits per heavy atom. The van der Waals surface area contributed by atoms with Gasteiger partial charge in [-0.1, -0.05) is 63.2 Å². The highest BCUT2D eigenvalue weighted by Crippen LogP contribution is 2.40. The van der Waals surface area contributed by atoms with E-state index >= 15 is 0 Å². The van der Waals surface area contributed by atoms with E-state index in [4.69, 9.17) is 4.74 Å². The number of carbonyl (C=O) groups is 1. The molecule has 0 bridgehead atoms. The maximum atomic E-state index is 13.8. The number of hydrogen-bond acceptors (Lipinski definition) is 4. The predicted octanol–water partition coefficient (Wildman–Crippen LogP) is 3.69. The Balaban J connectivity index is 2.37. The number of carbonyl (C=O) groups excluding carboxylic acids is 1. The average molecular weight is 349 g/mol. The minimum Gasteiger partial charge on any atom is -0.497 e. The van der Waals surface area contributed by atoms with Crippen molar-refractivity contribution >= 4 is 5.78 Å². The fraction of sp³-hybridized carbons (Fsp3) is 0.286. The first-order valence-corrected chi connectivity index (χ1v) is 8.50. The molecule has 0 N–H and O–H groups in total. The van der Waals surface area contributed by atoms with Crippen molar-refractivity contribution < 1.29 is 9.53 Å². The van der Waals surface area contributed by atoms with Crippen LogP contribution >= 0.6 is 0 Å². The van der Waals surface area contributed by atoms with Gasteiger partial charge in [0.15, 0.2) is 11.3 Å². The molecule has 0 saturated carbocycles. The predicted molar refractivity (Wildman–Crippen MR) is 100 cm³/mol. The second-order valence-corrected chi connectivity index (χ2v) is 7.22. The van der Waals surface area contributed by atoms with Gasteiger partial charge in [0.05, 0.1) is 7.11 Å². The van der Waals surface area contributed by atoms with Gasteiger partial charge < -0.3 is 4.74 Å². The number of benzene rings is 2. The van der Waals surface area contributed by atoms with Crippen molar-refractivity contribution in [3.63, 3.8) is 0 Å². The van der Waals surface area contributed by atoms with Gasteiger partial charge in [0.25, 0.3) is 0 Å². The second kappa shape index (κ2) is 6.75. The summed E-state index contributed by atoms with van der Waals surface area (Å²) in [5.41, 5.74) is -0.0465. The Kier molecular flexibility index (Phi) is 4.64. The van der Waals surface area contributed by atoms with Crippen LogP contribution in [0.25, 0.3) is 0 Å². The van der Waals surface area contributed by atoms with Crippen molar-refractivity contribution in [3.05, 3.63) is 78.4 Å². The lowest BCUT2D eigenvalue weighted by molar-refractivity contribution is -0.132. The van der Waals surface area contributed by atoms with Crippen LogP contribution in [-0.2, 0) is 10.3 Å². The fourth-order valence-corrected chi connectivity index (χ4v) is 3.23. The van der Waals surface area contributed by atoms with Crippen molar-refractivity contribution in [1.82, 2.24) is 14.8 Å². The molecular formula is C21H23N3O2. The number of methoxy groups -OCH3 is 1. The van der Waals surface area contributed by atoms with Crippen molar-refractivity contribution in [3.8, 4) is 5.75 Å². The van der Waals surface area contributed by atoms with Crippen LogP contribution in [0, 0.1) is 5.41 Å². The number of nitrogens with zero attached hydrogens (tertiary/aromatic N) is 3. The third kappa shape index (κ3) is 2.90. The number of ether oxygens (including phenoxy) is 1. The van der Waals surface area contributed by atoms with E-state index in [-0.39, 0.29) is 5.78 Å². The van der Waals surface area contributed by atoms with Gasteiger partial charge >= 0.3 is 0 Å². The average Bonchev–Trinajstić information content (AvgIpc) is 3.18. The fourth-order valence-electron chi connectivity index (χ4n) is 3.23. The summed E-state index contributed by atoms with van der Waals surface area (Å²) in [6, 6.07) is 17.3. The van der Waals surface area contributed by atoms with E-state index < -0.39 is 11.0 Å². The highest BCUT2D eigenvalue weighted by Gasteiger charge is 2.49. The van der Waals surface area contributed by atoms with Crippen molar-refractivity contribution in [2.24, 2.45) is 5.41 Å². The molecule has 134 valence electrons. The number of Topliss-reactive ketones (excluding diaryl/α,β-unsaturated/α-hetero) is 1. The summed E-state index contributed by atoms with van der Waals surface area (Å²) in [7, 11) is 1.62. The molecule has 1 aromatic heterocycles. The van der Waals surface area contributed by atoms with E-state index in [1.54, 1.807) is 18.1 Å². The SMILES string of the molecule is COc1ccc(C(C(=O)C(C)(C)C)(c2ccccc2)n2cncn2)cc1. The minimum atomic E-state index is -1.11. The molecular weight excluding hydrogens is 326 g/mol. The molecule has 0 amide bonds. The number of ketones is 1. The van der Waals surface area contributed by atoms with Gasteiger partial charge in [-0.05, 0) is 23.3 Å². The number of aromatic nitrogens is 3. The van der Waals surface area contributed by atoms with Gasteiger partial charge in [-0.25, -0.2) is 9.67 Å². The van der Waals surface area contributed by atoms with Crippen LogP contribution in [-0.4, -0.2) is 27.7 Å². The molecule has 0 aliphatic rings. The summed E-state index contributed by atoms with van der Waals surface area (Å²) in [6.07, 6.45) is 3.05. The quantitative estimate of drug-likeness (QED) is 0.705. The first-order chi connectivity index (χ1) is 12.4. The molecule has 0 spiro atoms. The Labute approximate surface area is 153 Å². The van der Waals surface area contributed by atoms with Crippen molar-refractivity contribution in [1.29, 1.82) is 0 Å². The van der Waals surface area contributed by atoms with Gasteiger partial charge in [-0.3, -0.25) is 4.79 Å². The van der Waals surface area contributed by atoms with E-state index in [1.165, 1.54) is 6.33 Å². The van der Waals surface area contributed by atoms with Gasteiger partial charge in [-0.15, -0.1) is 0 Å². The molecule has 0 radical (unpaired) electrons. The van der Waals surface area contributed by atoms with Gasteiger partial charge in [0, 0.05) is 5.41 Å². The molecule has 0 saturated heterocycles. The molecule has 2 aromatic carbocycles. The zero-order valence-electron chi connectivity index (χ0n) is 15.5. The van der Waals surface area contributed by atoms with Crippen LogP contribution in [0.4, 0.5) is 0 Å². The van der Waals surface area contributed by atoms with E-state index in [0.717, 1.165) is 16.9 Å². The Hall–Kier alpha value is -2.95. The van der Waals surface area contributed by atoms with Crippen LogP contribution in [0.1, 0.15) is 31.9 Å². The standard InChI is InChI=1S/C21H23N3O2/c1-20(2,3)19(25)21(24-15-22-14-23-24,16-8-6-5-7-9-16)17-10-12-18(26-4)13-11-17/h5-15H,1-4H3. The summed E-state index contributed by atoms with van der Waals surface area (Å²) in [6.45, 7) is 5.77. The van der Waals surface area contributed by atoms with E-state index in [9.17, 15) is 4.79 Å². The zero-order valence-corrected chi connectivity index (χ0v) is 15.5. The molecule has 0 aliphatic carbocycles. The first kappa shape index (κ1) is 17.9. The van der Waals surface area contributed by atoms with Crippen LogP contribution in [0.2, 0.25) is 0 Å². The van der Waals surface area contributed by atoms with Crippen LogP contribution in [0.15, 0.2) is 67.3 Å². The van der Waals surface area contributed by atoms with Crippen molar-refractivity contribution in [2.45, 2.75) is 26.3 Å². The maximum Gasteiger partial charge on any atom is 0.174 e. The van der Waals surface area contributed by atoms with E-state index in [2.05, 4.69) is 10.1 Å². The topological polar surface area (TPSA) is 57.0 Å². The highest BCUT2D eigenvalue weighted by molar-refractivity contribution is 5.97. The molecule has 1 heterocycles. The van der Waals surface area contributed by atoms with Gasteiger partial charge in [0.2, 0.25) is 0 Å². The summed E-state index contributed by atoms with van der Waals surface area (Å²) in [5, 5.41) is 4.37. The van der Waals surface area contributed by atoms with Crippen molar-refractivity contribution in [2.75, 3.05) is 7.11 Å². The minimum absolute atomic E-state index is 0.0341.